The van der Waals surface area contributed by atoms with Gasteiger partial charge in [-0.05, 0) is 29.8 Å². The van der Waals surface area contributed by atoms with Crippen molar-refractivity contribution >= 4 is 24.0 Å². The van der Waals surface area contributed by atoms with Crippen LogP contribution >= 0.6 is 12.4 Å². The molecule has 0 bridgehead atoms. The Bertz CT molecular complexity index is 642. The number of aromatic nitrogens is 1. The Kier molecular flexibility index (Phi) is 5.96. The zero-order chi connectivity index (χ0) is 15.4. The lowest BCUT2D eigenvalue weighted by molar-refractivity contribution is 0.0629. The maximum atomic E-state index is 12.5. The van der Waals surface area contributed by atoms with Gasteiger partial charge in [0.15, 0.2) is 0 Å². The van der Waals surface area contributed by atoms with E-state index in [2.05, 4.69) is 9.88 Å². The van der Waals surface area contributed by atoms with E-state index in [0.717, 1.165) is 32.7 Å². The Morgan fingerprint density at radius 2 is 1.70 bits per heavy atom. The molecule has 3 rings (SSSR count). The van der Waals surface area contributed by atoms with Gasteiger partial charge >= 0.3 is 0 Å². The number of hydrogen-bond acceptors (Lipinski definition) is 4. The van der Waals surface area contributed by atoms with E-state index < -0.39 is 0 Å². The fourth-order valence-electron chi connectivity index (χ4n) is 2.72. The van der Waals surface area contributed by atoms with E-state index >= 15 is 0 Å². The molecule has 1 saturated heterocycles. The Morgan fingerprint density at radius 1 is 1.04 bits per heavy atom. The molecule has 1 amide bonds. The highest BCUT2D eigenvalue weighted by molar-refractivity contribution is 5.99. The van der Waals surface area contributed by atoms with Crippen LogP contribution in [0.25, 0.3) is 0 Å². The highest BCUT2D eigenvalue weighted by Crippen LogP contribution is 2.15. The first-order valence-electron chi connectivity index (χ1n) is 7.49. The number of halogens is 1. The van der Waals surface area contributed by atoms with Crippen molar-refractivity contribution in [3.8, 4) is 0 Å². The summed E-state index contributed by atoms with van der Waals surface area (Å²) < 4.78 is 0. The average molecular weight is 333 g/mol. The normalized spacial score (nSPS) is 15.0. The summed E-state index contributed by atoms with van der Waals surface area (Å²) in [6.45, 7) is 4.12. The average Bonchev–Trinajstić information content (AvgIpc) is 2.56. The van der Waals surface area contributed by atoms with Crippen LogP contribution in [0.15, 0.2) is 48.8 Å². The number of pyridine rings is 1. The van der Waals surface area contributed by atoms with E-state index in [1.807, 2.05) is 41.6 Å². The first kappa shape index (κ1) is 17.2. The lowest BCUT2D eigenvalue weighted by atomic mass is 10.1. The number of nitrogen functional groups attached to an aromatic ring is 1. The third-order valence-electron chi connectivity index (χ3n) is 4.01. The van der Waals surface area contributed by atoms with E-state index in [-0.39, 0.29) is 18.3 Å². The van der Waals surface area contributed by atoms with Crippen molar-refractivity contribution in [3.05, 3.63) is 59.9 Å². The molecular formula is C17H21ClN4O. The van der Waals surface area contributed by atoms with Crippen molar-refractivity contribution < 1.29 is 4.79 Å². The first-order chi connectivity index (χ1) is 10.7. The molecule has 0 radical (unpaired) electrons. The van der Waals surface area contributed by atoms with Crippen molar-refractivity contribution in [2.75, 3.05) is 31.9 Å². The molecule has 1 aromatic heterocycles. The number of carbonyl (C=O) groups is 1. The second kappa shape index (κ2) is 7.94. The number of amides is 1. The van der Waals surface area contributed by atoms with Gasteiger partial charge in [0.1, 0.15) is 0 Å². The van der Waals surface area contributed by atoms with Gasteiger partial charge in [0.2, 0.25) is 0 Å². The number of piperazine rings is 1. The molecule has 6 heteroatoms. The van der Waals surface area contributed by atoms with E-state index in [9.17, 15) is 4.79 Å². The van der Waals surface area contributed by atoms with Gasteiger partial charge in [-0.1, -0.05) is 12.1 Å². The maximum absolute atomic E-state index is 12.5. The van der Waals surface area contributed by atoms with Gasteiger partial charge in [-0.3, -0.25) is 14.7 Å². The van der Waals surface area contributed by atoms with Crippen LogP contribution in [0.5, 0.6) is 0 Å². The van der Waals surface area contributed by atoms with E-state index in [0.29, 0.717) is 11.3 Å². The Hall–Kier alpha value is -2.11. The molecule has 23 heavy (non-hydrogen) atoms. The number of benzene rings is 1. The van der Waals surface area contributed by atoms with Gasteiger partial charge in [0, 0.05) is 50.8 Å². The van der Waals surface area contributed by atoms with Crippen LogP contribution in [-0.4, -0.2) is 46.9 Å². The molecule has 1 aliphatic rings. The van der Waals surface area contributed by atoms with Crippen molar-refractivity contribution in [1.82, 2.24) is 14.8 Å². The van der Waals surface area contributed by atoms with Gasteiger partial charge in [-0.15, -0.1) is 12.4 Å². The summed E-state index contributed by atoms with van der Waals surface area (Å²) >= 11 is 0. The lowest BCUT2D eigenvalue weighted by Gasteiger charge is -2.35. The summed E-state index contributed by atoms with van der Waals surface area (Å²) in [5.74, 6) is 0.0293. The summed E-state index contributed by atoms with van der Waals surface area (Å²) in [6, 6.07) is 11.3. The fraction of sp³-hybridized carbons (Fsp3) is 0.294. The molecule has 122 valence electrons. The van der Waals surface area contributed by atoms with Gasteiger partial charge < -0.3 is 10.6 Å². The van der Waals surface area contributed by atoms with Gasteiger partial charge in [-0.25, -0.2) is 0 Å². The summed E-state index contributed by atoms with van der Waals surface area (Å²) in [5.41, 5.74) is 8.30. The predicted molar refractivity (Wildman–Crippen MR) is 93.5 cm³/mol. The Balaban J connectivity index is 0.00000192. The van der Waals surface area contributed by atoms with Gasteiger partial charge in [0.05, 0.1) is 5.56 Å². The molecular weight excluding hydrogens is 312 g/mol. The maximum Gasteiger partial charge on any atom is 0.256 e. The molecule has 0 spiro atoms. The van der Waals surface area contributed by atoms with E-state index in [1.54, 1.807) is 12.1 Å². The quantitative estimate of drug-likeness (QED) is 0.874. The SMILES string of the molecule is Cl.Nc1ccccc1C(=O)N1CCN(Cc2ccncc2)CC1. The van der Waals surface area contributed by atoms with Crippen LogP contribution < -0.4 is 5.73 Å². The topological polar surface area (TPSA) is 62.5 Å². The number of nitrogens with zero attached hydrogens (tertiary/aromatic N) is 3. The zero-order valence-electron chi connectivity index (χ0n) is 12.9. The first-order valence-corrected chi connectivity index (χ1v) is 7.49. The molecule has 0 atom stereocenters. The molecule has 0 saturated carbocycles. The van der Waals surface area contributed by atoms with Gasteiger partial charge in [0.25, 0.3) is 5.91 Å². The number of carbonyl (C=O) groups excluding carboxylic acids is 1. The summed E-state index contributed by atoms with van der Waals surface area (Å²) in [7, 11) is 0. The smallest absolute Gasteiger partial charge is 0.256 e. The highest BCUT2D eigenvalue weighted by Gasteiger charge is 2.23. The molecule has 1 aromatic carbocycles. The van der Waals surface area contributed by atoms with Crippen LogP contribution in [0.2, 0.25) is 0 Å². The molecule has 1 fully saturated rings. The second-order valence-electron chi connectivity index (χ2n) is 5.51. The van der Waals surface area contributed by atoms with Crippen LogP contribution in [0.4, 0.5) is 5.69 Å². The van der Waals surface area contributed by atoms with Crippen molar-refractivity contribution in [2.24, 2.45) is 0 Å². The van der Waals surface area contributed by atoms with Crippen LogP contribution in [0, 0.1) is 0 Å². The van der Waals surface area contributed by atoms with Crippen LogP contribution in [0.3, 0.4) is 0 Å². The lowest BCUT2D eigenvalue weighted by Crippen LogP contribution is -2.48. The molecule has 2 aromatic rings. The summed E-state index contributed by atoms with van der Waals surface area (Å²) in [4.78, 5) is 20.8. The largest absolute Gasteiger partial charge is 0.398 e. The number of rotatable bonds is 3. The van der Waals surface area contributed by atoms with Gasteiger partial charge in [-0.2, -0.15) is 0 Å². The minimum Gasteiger partial charge on any atom is -0.398 e. The number of anilines is 1. The Labute approximate surface area is 142 Å². The molecule has 1 aliphatic heterocycles. The molecule has 2 heterocycles. The van der Waals surface area contributed by atoms with Crippen molar-refractivity contribution in [1.29, 1.82) is 0 Å². The third kappa shape index (κ3) is 4.21. The molecule has 0 unspecified atom stereocenters. The van der Waals surface area contributed by atoms with E-state index in [4.69, 9.17) is 5.73 Å². The monoisotopic (exact) mass is 332 g/mol. The highest BCUT2D eigenvalue weighted by atomic mass is 35.5. The van der Waals surface area contributed by atoms with Crippen molar-refractivity contribution in [2.45, 2.75) is 6.54 Å². The van der Waals surface area contributed by atoms with Crippen LogP contribution in [-0.2, 0) is 6.54 Å². The molecule has 2 N–H and O–H groups in total. The second-order valence-corrected chi connectivity index (χ2v) is 5.51. The number of hydrogen-bond donors (Lipinski definition) is 1. The minimum absolute atomic E-state index is 0. The standard InChI is InChI=1S/C17H20N4O.ClH/c18-16-4-2-1-3-15(16)17(22)21-11-9-20(10-12-21)13-14-5-7-19-8-6-14;/h1-8H,9-13,18H2;1H. The molecule has 5 nitrogen and oxygen atoms in total. The zero-order valence-corrected chi connectivity index (χ0v) is 13.7. The predicted octanol–water partition coefficient (Wildman–Crippen LogP) is 2.04. The van der Waals surface area contributed by atoms with Crippen molar-refractivity contribution in [3.63, 3.8) is 0 Å². The number of para-hydroxylation sites is 1. The summed E-state index contributed by atoms with van der Waals surface area (Å²) in [5, 5.41) is 0. The minimum atomic E-state index is 0. The number of nitrogens with two attached hydrogens (primary N) is 1. The third-order valence-corrected chi connectivity index (χ3v) is 4.01. The van der Waals surface area contributed by atoms with E-state index in [1.165, 1.54) is 5.56 Å². The fourth-order valence-corrected chi connectivity index (χ4v) is 2.72. The Morgan fingerprint density at radius 3 is 2.35 bits per heavy atom. The van der Waals surface area contributed by atoms with Crippen LogP contribution in [0.1, 0.15) is 15.9 Å². The summed E-state index contributed by atoms with van der Waals surface area (Å²) in [6.07, 6.45) is 3.63. The molecule has 0 aliphatic carbocycles.